The molecule has 0 aliphatic heterocycles. The number of nitrogens with zero attached hydrogens (tertiary/aromatic N) is 2. The Kier molecular flexibility index (Phi) is 5.24. The van der Waals surface area contributed by atoms with Crippen molar-refractivity contribution in [2.75, 3.05) is 18.4 Å². The van der Waals surface area contributed by atoms with E-state index in [1.165, 1.54) is 10.8 Å². The van der Waals surface area contributed by atoms with E-state index in [1.807, 2.05) is 49.5 Å². The first-order valence-electron chi connectivity index (χ1n) is 9.63. The van der Waals surface area contributed by atoms with Gasteiger partial charge in [0.2, 0.25) is 5.91 Å². The van der Waals surface area contributed by atoms with Crippen LogP contribution in [0.5, 0.6) is 0 Å². The zero-order chi connectivity index (χ0) is 19.3. The van der Waals surface area contributed by atoms with Gasteiger partial charge in [0.25, 0.3) is 0 Å². The van der Waals surface area contributed by atoms with Crippen LogP contribution < -0.4 is 10.6 Å². The Labute approximate surface area is 164 Å². The minimum atomic E-state index is 0.0602. The van der Waals surface area contributed by atoms with E-state index in [1.54, 1.807) is 0 Å². The fourth-order valence-corrected chi connectivity index (χ4v) is 3.56. The number of nitrogens with one attached hydrogen (secondary N) is 2. The zero-order valence-electron chi connectivity index (χ0n) is 16.0. The molecule has 0 radical (unpaired) electrons. The summed E-state index contributed by atoms with van der Waals surface area (Å²) in [6.45, 7) is 3.27. The molecule has 4 rings (SSSR count). The van der Waals surface area contributed by atoms with Crippen molar-refractivity contribution in [1.29, 1.82) is 0 Å². The van der Waals surface area contributed by atoms with Crippen LogP contribution in [0.3, 0.4) is 0 Å². The number of aromatic nitrogens is 2. The van der Waals surface area contributed by atoms with Gasteiger partial charge in [0.05, 0.1) is 5.69 Å². The number of hydrogen-bond acceptors (Lipinski definition) is 3. The highest BCUT2D eigenvalue weighted by molar-refractivity contribution is 5.93. The van der Waals surface area contributed by atoms with Gasteiger partial charge in [-0.2, -0.15) is 0 Å². The topological polar surface area (TPSA) is 58.4 Å². The molecular weight excluding hydrogens is 348 g/mol. The summed E-state index contributed by atoms with van der Waals surface area (Å²) in [5.74, 6) is 0.0602. The molecule has 0 fully saturated rings. The third-order valence-electron chi connectivity index (χ3n) is 4.97. The lowest BCUT2D eigenvalue weighted by molar-refractivity contribution is -0.120. The van der Waals surface area contributed by atoms with Crippen molar-refractivity contribution < 1.29 is 4.79 Å². The zero-order valence-corrected chi connectivity index (χ0v) is 16.0. The summed E-state index contributed by atoms with van der Waals surface area (Å²) < 4.78 is 2.06. The van der Waals surface area contributed by atoms with Crippen molar-refractivity contribution in [3.63, 3.8) is 0 Å². The molecule has 0 unspecified atom stereocenters. The van der Waals surface area contributed by atoms with E-state index in [0.717, 1.165) is 22.7 Å². The minimum absolute atomic E-state index is 0.0602. The van der Waals surface area contributed by atoms with Gasteiger partial charge in [0, 0.05) is 42.5 Å². The largest absolute Gasteiger partial charge is 0.383 e. The van der Waals surface area contributed by atoms with Crippen LogP contribution >= 0.6 is 0 Å². The van der Waals surface area contributed by atoms with Gasteiger partial charge in [-0.05, 0) is 36.9 Å². The van der Waals surface area contributed by atoms with Gasteiger partial charge in [-0.15, -0.1) is 0 Å². The Morgan fingerprint density at radius 2 is 1.82 bits per heavy atom. The van der Waals surface area contributed by atoms with E-state index in [0.29, 0.717) is 25.9 Å². The number of rotatable bonds is 7. The predicted molar refractivity (Wildman–Crippen MR) is 114 cm³/mol. The number of carbonyl (C=O) groups excluding carboxylic acids is 1. The third kappa shape index (κ3) is 3.83. The molecule has 5 heteroatoms. The lowest BCUT2D eigenvalue weighted by Crippen LogP contribution is -2.29. The first-order valence-corrected chi connectivity index (χ1v) is 9.63. The maximum atomic E-state index is 12.2. The number of imidazole rings is 1. The number of fused-ring (bicyclic) bond motifs is 2. The molecular formula is C23H24N4O. The summed E-state index contributed by atoms with van der Waals surface area (Å²) in [5, 5.41) is 8.82. The van der Waals surface area contributed by atoms with Gasteiger partial charge in [0.15, 0.2) is 0 Å². The van der Waals surface area contributed by atoms with Crippen LogP contribution in [0.15, 0.2) is 66.9 Å². The molecule has 4 aromatic rings. The van der Waals surface area contributed by atoms with Crippen LogP contribution in [-0.2, 0) is 11.2 Å². The molecule has 2 heterocycles. The van der Waals surface area contributed by atoms with E-state index < -0.39 is 0 Å². The second-order valence-corrected chi connectivity index (χ2v) is 6.88. The maximum Gasteiger partial charge on any atom is 0.220 e. The van der Waals surface area contributed by atoms with Crippen LogP contribution in [-0.4, -0.2) is 28.4 Å². The summed E-state index contributed by atoms with van der Waals surface area (Å²) >= 11 is 0. The van der Waals surface area contributed by atoms with Crippen LogP contribution in [0.25, 0.3) is 16.4 Å². The summed E-state index contributed by atoms with van der Waals surface area (Å²) in [6.07, 6.45) is 3.13. The van der Waals surface area contributed by atoms with Gasteiger partial charge in [-0.25, -0.2) is 4.98 Å². The van der Waals surface area contributed by atoms with Crippen LogP contribution in [0.1, 0.15) is 17.8 Å². The van der Waals surface area contributed by atoms with E-state index in [-0.39, 0.29) is 5.91 Å². The minimum Gasteiger partial charge on any atom is -0.383 e. The number of pyridine rings is 1. The lowest BCUT2D eigenvalue weighted by atomic mass is 10.1. The Morgan fingerprint density at radius 1 is 1.00 bits per heavy atom. The standard InChI is InChI=1S/C23H24N4O/c1-17-21(27-16-5-4-11-22(27)26-17)12-13-23(28)25-15-14-24-20-10-6-8-18-7-2-3-9-19(18)20/h2-11,16,24H,12-15H2,1H3,(H,25,28). The number of amides is 1. The average Bonchev–Trinajstić information content (AvgIpc) is 3.04. The summed E-state index contributed by atoms with van der Waals surface area (Å²) in [7, 11) is 0. The monoisotopic (exact) mass is 372 g/mol. The molecule has 142 valence electrons. The van der Waals surface area contributed by atoms with Gasteiger partial charge in [0.1, 0.15) is 5.65 Å². The van der Waals surface area contributed by atoms with Crippen molar-refractivity contribution in [3.05, 3.63) is 78.2 Å². The van der Waals surface area contributed by atoms with Crippen LogP contribution in [0.4, 0.5) is 5.69 Å². The summed E-state index contributed by atoms with van der Waals surface area (Å²) in [6, 6.07) is 20.4. The highest BCUT2D eigenvalue weighted by Gasteiger charge is 2.10. The molecule has 2 aromatic carbocycles. The molecule has 0 aliphatic carbocycles. The van der Waals surface area contributed by atoms with Crippen molar-refractivity contribution in [3.8, 4) is 0 Å². The second-order valence-electron chi connectivity index (χ2n) is 6.88. The fraction of sp³-hybridized carbons (Fsp3) is 0.217. The average molecular weight is 372 g/mol. The number of benzene rings is 2. The first kappa shape index (κ1) is 18.0. The van der Waals surface area contributed by atoms with Crippen molar-refractivity contribution in [2.24, 2.45) is 0 Å². The lowest BCUT2D eigenvalue weighted by Gasteiger charge is -2.11. The van der Waals surface area contributed by atoms with E-state index >= 15 is 0 Å². The highest BCUT2D eigenvalue weighted by atomic mass is 16.1. The van der Waals surface area contributed by atoms with Crippen LogP contribution in [0.2, 0.25) is 0 Å². The highest BCUT2D eigenvalue weighted by Crippen LogP contribution is 2.22. The van der Waals surface area contributed by atoms with Crippen molar-refractivity contribution in [1.82, 2.24) is 14.7 Å². The fourth-order valence-electron chi connectivity index (χ4n) is 3.56. The van der Waals surface area contributed by atoms with E-state index in [9.17, 15) is 4.79 Å². The smallest absolute Gasteiger partial charge is 0.220 e. The Balaban J connectivity index is 1.27. The molecule has 0 spiro atoms. The molecule has 0 aliphatic rings. The number of aryl methyl sites for hydroxylation is 2. The van der Waals surface area contributed by atoms with E-state index in [2.05, 4.69) is 44.3 Å². The van der Waals surface area contributed by atoms with Gasteiger partial charge >= 0.3 is 0 Å². The molecule has 28 heavy (non-hydrogen) atoms. The van der Waals surface area contributed by atoms with E-state index in [4.69, 9.17) is 0 Å². The molecule has 2 N–H and O–H groups in total. The predicted octanol–water partition coefficient (Wildman–Crippen LogP) is 3.96. The first-order chi connectivity index (χ1) is 13.7. The van der Waals surface area contributed by atoms with Crippen molar-refractivity contribution >= 4 is 28.0 Å². The van der Waals surface area contributed by atoms with Gasteiger partial charge in [-0.1, -0.05) is 42.5 Å². The Hall–Kier alpha value is -3.34. The summed E-state index contributed by atoms with van der Waals surface area (Å²) in [5.41, 5.74) is 4.10. The molecule has 1 amide bonds. The maximum absolute atomic E-state index is 12.2. The van der Waals surface area contributed by atoms with Gasteiger partial charge < -0.3 is 15.0 Å². The molecule has 0 saturated carbocycles. The second kappa shape index (κ2) is 8.13. The molecule has 0 bridgehead atoms. The summed E-state index contributed by atoms with van der Waals surface area (Å²) in [4.78, 5) is 16.8. The normalized spacial score (nSPS) is 11.0. The Bertz CT molecular complexity index is 1110. The van der Waals surface area contributed by atoms with Crippen LogP contribution in [0, 0.1) is 6.92 Å². The number of anilines is 1. The SMILES string of the molecule is Cc1nc2ccccn2c1CCC(=O)NCCNc1cccc2ccccc12. The Morgan fingerprint density at radius 3 is 2.75 bits per heavy atom. The van der Waals surface area contributed by atoms with Crippen molar-refractivity contribution in [2.45, 2.75) is 19.8 Å². The molecule has 2 aromatic heterocycles. The third-order valence-corrected chi connectivity index (χ3v) is 4.97. The molecule has 5 nitrogen and oxygen atoms in total. The number of hydrogen-bond donors (Lipinski definition) is 2. The number of carbonyl (C=O) groups is 1. The molecule has 0 saturated heterocycles. The molecule has 0 atom stereocenters. The quantitative estimate of drug-likeness (QED) is 0.483. The van der Waals surface area contributed by atoms with Gasteiger partial charge in [-0.3, -0.25) is 4.79 Å².